The number of fused-ring (bicyclic) bond motifs is 2. The summed E-state index contributed by atoms with van der Waals surface area (Å²) in [6, 6.07) is 15.2. The number of hydrogen-bond acceptors (Lipinski definition) is 4. The van der Waals surface area contributed by atoms with Gasteiger partial charge in [0.05, 0.1) is 21.6 Å². The lowest BCUT2D eigenvalue weighted by molar-refractivity contribution is 0.0952. The number of hydrogen-bond donors (Lipinski definition) is 0. The molecule has 0 fully saturated rings. The molecule has 0 aliphatic carbocycles. The maximum atomic E-state index is 13.7. The molecule has 0 N–H and O–H groups in total. The molecule has 34 heavy (non-hydrogen) atoms. The molecule has 1 atom stereocenters. The van der Waals surface area contributed by atoms with Crippen molar-refractivity contribution in [1.29, 1.82) is 0 Å². The van der Waals surface area contributed by atoms with Gasteiger partial charge in [0.25, 0.3) is 12.0 Å². The smallest absolute Gasteiger partial charge is 0.279 e. The monoisotopic (exact) mass is 500 g/mol. The first-order chi connectivity index (χ1) is 16.3. The number of benzene rings is 2. The molecule has 10 heteroatoms. The van der Waals surface area contributed by atoms with E-state index in [1.54, 1.807) is 47.3 Å². The van der Waals surface area contributed by atoms with Crippen LogP contribution in [0.15, 0.2) is 76.8 Å². The highest BCUT2D eigenvalue weighted by Crippen LogP contribution is 2.32. The number of aryl methyl sites for hydroxylation is 1. The van der Waals surface area contributed by atoms with Crippen LogP contribution in [-0.4, -0.2) is 31.3 Å². The highest BCUT2D eigenvalue weighted by Gasteiger charge is 2.22. The first-order valence-corrected chi connectivity index (χ1v) is 11.4. The number of pyridine rings is 2. The lowest BCUT2D eigenvalue weighted by atomic mass is 10.0. The second-order valence-corrected chi connectivity index (χ2v) is 9.16. The Bertz CT molecular complexity index is 1580. The lowest BCUT2D eigenvalue weighted by Gasteiger charge is -2.14. The molecule has 0 aliphatic rings. The summed E-state index contributed by atoms with van der Waals surface area (Å²) in [4.78, 5) is 18.1. The van der Waals surface area contributed by atoms with Gasteiger partial charge in [-0.15, -0.1) is 0 Å². The minimum Gasteiger partial charge on any atom is -0.283 e. The van der Waals surface area contributed by atoms with Crippen LogP contribution in [0.2, 0.25) is 5.02 Å². The van der Waals surface area contributed by atoms with Crippen LogP contribution < -0.4 is 5.56 Å². The van der Waals surface area contributed by atoms with Crippen LogP contribution in [0.25, 0.3) is 38.6 Å². The zero-order chi connectivity index (χ0) is 24.0. The summed E-state index contributed by atoms with van der Waals surface area (Å²) in [7, 11) is 1.82. The van der Waals surface area contributed by atoms with Gasteiger partial charge in [-0.2, -0.15) is 5.10 Å². The lowest BCUT2D eigenvalue weighted by Crippen LogP contribution is -2.20. The zero-order valence-electron chi connectivity index (χ0n) is 17.6. The third-order valence-electron chi connectivity index (χ3n) is 5.28. The van der Waals surface area contributed by atoms with Gasteiger partial charge in [0.1, 0.15) is 0 Å². The molecule has 1 unspecified atom stereocenters. The molecule has 0 saturated carbocycles. The first kappa shape index (κ1) is 22.5. The van der Waals surface area contributed by atoms with Gasteiger partial charge in [-0.05, 0) is 48.0 Å². The SMILES string of the molecule is Cn1cc2cc(-n3cc4ccc(SC(F)C(F)F)nc4c(-c4ccc(Cl)cc4)c3=O)ccc2n1. The van der Waals surface area contributed by atoms with E-state index in [9.17, 15) is 18.0 Å². The van der Waals surface area contributed by atoms with Crippen molar-refractivity contribution in [3.8, 4) is 16.8 Å². The first-order valence-electron chi connectivity index (χ1n) is 10.2. The van der Waals surface area contributed by atoms with E-state index in [-0.39, 0.29) is 21.7 Å². The van der Waals surface area contributed by atoms with Gasteiger partial charge in [0.2, 0.25) is 5.50 Å². The van der Waals surface area contributed by atoms with Crippen molar-refractivity contribution in [1.82, 2.24) is 19.3 Å². The maximum Gasteiger partial charge on any atom is 0.279 e. The summed E-state index contributed by atoms with van der Waals surface area (Å²) < 4.78 is 42.3. The summed E-state index contributed by atoms with van der Waals surface area (Å²) in [6.07, 6.45) is 0.344. The van der Waals surface area contributed by atoms with Gasteiger partial charge in [0, 0.05) is 40.9 Å². The van der Waals surface area contributed by atoms with E-state index in [0.29, 0.717) is 33.4 Å². The zero-order valence-corrected chi connectivity index (χ0v) is 19.2. The summed E-state index contributed by atoms with van der Waals surface area (Å²) in [6.45, 7) is 0. The molecule has 0 saturated heterocycles. The Hall–Kier alpha value is -3.30. The van der Waals surface area contributed by atoms with Crippen LogP contribution in [0.4, 0.5) is 13.2 Å². The van der Waals surface area contributed by atoms with Crippen LogP contribution in [0, 0.1) is 0 Å². The van der Waals surface area contributed by atoms with Crippen molar-refractivity contribution >= 4 is 45.2 Å². The Balaban J connectivity index is 1.75. The highest BCUT2D eigenvalue weighted by molar-refractivity contribution is 7.99. The molecule has 0 amide bonds. The van der Waals surface area contributed by atoms with Gasteiger partial charge in [-0.25, -0.2) is 18.2 Å². The Morgan fingerprint density at radius 1 is 0.971 bits per heavy atom. The molecule has 5 rings (SSSR count). The Kier molecular flexibility index (Phi) is 5.83. The summed E-state index contributed by atoms with van der Waals surface area (Å²) in [5, 5.41) is 6.37. The summed E-state index contributed by atoms with van der Waals surface area (Å²) in [5.41, 5.74) is -0.262. The average Bonchev–Trinajstić information content (AvgIpc) is 3.18. The highest BCUT2D eigenvalue weighted by atomic mass is 35.5. The predicted octanol–water partition coefficient (Wildman–Crippen LogP) is 6.25. The molecular weight excluding hydrogens is 485 g/mol. The predicted molar refractivity (Wildman–Crippen MR) is 129 cm³/mol. The minimum absolute atomic E-state index is 0.0597. The molecule has 0 radical (unpaired) electrons. The van der Waals surface area contributed by atoms with E-state index in [1.807, 2.05) is 25.4 Å². The average molecular weight is 501 g/mol. The fourth-order valence-electron chi connectivity index (χ4n) is 3.76. The Labute approximate surface area is 200 Å². The van der Waals surface area contributed by atoms with Crippen molar-refractivity contribution in [3.05, 3.63) is 82.4 Å². The maximum absolute atomic E-state index is 13.7. The van der Waals surface area contributed by atoms with E-state index in [4.69, 9.17) is 11.6 Å². The van der Waals surface area contributed by atoms with E-state index in [2.05, 4.69) is 10.1 Å². The topological polar surface area (TPSA) is 52.7 Å². The van der Waals surface area contributed by atoms with Crippen LogP contribution in [0.1, 0.15) is 0 Å². The van der Waals surface area contributed by atoms with Gasteiger partial charge >= 0.3 is 0 Å². The molecule has 3 aromatic heterocycles. The number of halogens is 4. The van der Waals surface area contributed by atoms with Gasteiger partial charge in [-0.1, -0.05) is 35.5 Å². The number of nitrogens with zero attached hydrogens (tertiary/aromatic N) is 4. The second kappa shape index (κ2) is 8.81. The van der Waals surface area contributed by atoms with Gasteiger partial charge in [0.15, 0.2) is 0 Å². The van der Waals surface area contributed by atoms with E-state index < -0.39 is 11.9 Å². The molecule has 2 aromatic carbocycles. The largest absolute Gasteiger partial charge is 0.283 e. The Morgan fingerprint density at radius 3 is 2.47 bits per heavy atom. The fourth-order valence-corrected chi connectivity index (χ4v) is 4.51. The van der Waals surface area contributed by atoms with Crippen molar-refractivity contribution in [2.75, 3.05) is 0 Å². The summed E-state index contributed by atoms with van der Waals surface area (Å²) >= 11 is 6.35. The standard InChI is InChI=1S/C24H16ClF3N4OS/c1-31-11-15-10-17(7-8-18(15)30-31)32-12-14-4-9-19(34-23(28)22(26)27)29-21(14)20(24(32)33)13-2-5-16(25)6-3-13/h2-12,22-23H,1H3. The third kappa shape index (κ3) is 4.17. The van der Waals surface area contributed by atoms with E-state index in [0.717, 1.165) is 10.9 Å². The molecule has 3 heterocycles. The number of alkyl halides is 3. The Morgan fingerprint density at radius 2 is 1.74 bits per heavy atom. The number of rotatable bonds is 5. The van der Waals surface area contributed by atoms with E-state index in [1.165, 1.54) is 10.6 Å². The molecule has 5 nitrogen and oxygen atoms in total. The van der Waals surface area contributed by atoms with E-state index >= 15 is 0 Å². The van der Waals surface area contributed by atoms with Crippen LogP contribution in [0.5, 0.6) is 0 Å². The van der Waals surface area contributed by atoms with Gasteiger partial charge < -0.3 is 0 Å². The molecule has 172 valence electrons. The fraction of sp³-hybridized carbons (Fsp3) is 0.125. The normalized spacial score (nSPS) is 12.6. The van der Waals surface area contributed by atoms with Crippen molar-refractivity contribution in [3.63, 3.8) is 0 Å². The van der Waals surface area contributed by atoms with Crippen LogP contribution in [-0.2, 0) is 7.05 Å². The number of thioether (sulfide) groups is 1. The second-order valence-electron chi connectivity index (χ2n) is 7.62. The third-order valence-corrected chi connectivity index (χ3v) is 6.44. The molecule has 0 spiro atoms. The summed E-state index contributed by atoms with van der Waals surface area (Å²) in [5.74, 6) is 0. The molecular formula is C24H16ClF3N4OS. The molecule has 0 aliphatic heterocycles. The van der Waals surface area contributed by atoms with Crippen molar-refractivity contribution in [2.24, 2.45) is 7.05 Å². The number of aromatic nitrogens is 4. The van der Waals surface area contributed by atoms with Crippen LogP contribution >= 0.6 is 23.4 Å². The molecule has 5 aromatic rings. The molecule has 0 bridgehead atoms. The van der Waals surface area contributed by atoms with Crippen molar-refractivity contribution < 1.29 is 13.2 Å². The van der Waals surface area contributed by atoms with Gasteiger partial charge in [-0.3, -0.25) is 14.0 Å². The quantitative estimate of drug-likeness (QED) is 0.268. The van der Waals surface area contributed by atoms with Crippen molar-refractivity contribution in [2.45, 2.75) is 17.0 Å². The minimum atomic E-state index is -3.14. The van der Waals surface area contributed by atoms with Crippen LogP contribution in [0.3, 0.4) is 0 Å².